The highest BCUT2D eigenvalue weighted by molar-refractivity contribution is 5.16. The van der Waals surface area contributed by atoms with Gasteiger partial charge in [0.15, 0.2) is 18.9 Å². The lowest BCUT2D eigenvalue weighted by Crippen LogP contribution is -2.44. The van der Waals surface area contributed by atoms with E-state index in [0.717, 1.165) is 35.9 Å². The average molecular weight is 406 g/mol. The minimum atomic E-state index is -0.222. The van der Waals surface area contributed by atoms with Crippen LogP contribution in [0.15, 0.2) is 49.4 Å². The molecular formula is C24H33N6+. The van der Waals surface area contributed by atoms with Crippen LogP contribution in [0.2, 0.25) is 0 Å². The third kappa shape index (κ3) is 5.23. The van der Waals surface area contributed by atoms with Gasteiger partial charge in [-0.3, -0.25) is 9.97 Å². The first-order valence-corrected chi connectivity index (χ1v) is 10.4. The maximum atomic E-state index is 4.98. The zero-order valence-electron chi connectivity index (χ0n) is 19.2. The summed E-state index contributed by atoms with van der Waals surface area (Å²) in [5, 5.41) is 0. The lowest BCUT2D eigenvalue weighted by molar-refractivity contribution is -0.705. The molecule has 0 N–H and O–H groups in total. The SMILES string of the molecule is CC(C)(C)c1c[n+](CC(C)(C)c2cncc(CC(C)(C)c3ncccn3)n2)ccn1. The van der Waals surface area contributed by atoms with Gasteiger partial charge in [-0.05, 0) is 19.9 Å². The molecule has 0 aliphatic heterocycles. The van der Waals surface area contributed by atoms with Crippen molar-refractivity contribution in [2.24, 2.45) is 0 Å². The second-order valence-corrected chi connectivity index (χ2v) is 10.3. The molecule has 0 amide bonds. The van der Waals surface area contributed by atoms with Gasteiger partial charge < -0.3 is 0 Å². The fraction of sp³-hybridized carbons (Fsp3) is 0.500. The molecule has 3 aromatic heterocycles. The zero-order valence-corrected chi connectivity index (χ0v) is 19.2. The zero-order chi connectivity index (χ0) is 22.0. The Morgan fingerprint density at radius 1 is 0.800 bits per heavy atom. The first-order chi connectivity index (χ1) is 14.0. The monoisotopic (exact) mass is 405 g/mol. The van der Waals surface area contributed by atoms with E-state index in [1.807, 2.05) is 30.9 Å². The predicted molar refractivity (Wildman–Crippen MR) is 117 cm³/mol. The molecule has 0 radical (unpaired) electrons. The average Bonchev–Trinajstić information content (AvgIpc) is 2.68. The molecule has 0 aromatic carbocycles. The summed E-state index contributed by atoms with van der Waals surface area (Å²) in [4.78, 5) is 22.9. The molecule has 158 valence electrons. The highest BCUT2D eigenvalue weighted by atomic mass is 15.0. The van der Waals surface area contributed by atoms with Crippen molar-refractivity contribution >= 4 is 0 Å². The van der Waals surface area contributed by atoms with Crippen molar-refractivity contribution in [3.8, 4) is 0 Å². The van der Waals surface area contributed by atoms with E-state index in [-0.39, 0.29) is 16.2 Å². The van der Waals surface area contributed by atoms with Crippen LogP contribution in [0, 0.1) is 0 Å². The fourth-order valence-electron chi connectivity index (χ4n) is 3.45. The fourth-order valence-corrected chi connectivity index (χ4v) is 3.45. The number of nitrogens with zero attached hydrogens (tertiary/aromatic N) is 6. The molecule has 0 spiro atoms. The Labute approximate surface area is 179 Å². The highest BCUT2D eigenvalue weighted by Crippen LogP contribution is 2.26. The van der Waals surface area contributed by atoms with Crippen molar-refractivity contribution in [1.29, 1.82) is 0 Å². The quantitative estimate of drug-likeness (QED) is 0.584. The predicted octanol–water partition coefficient (Wildman–Crippen LogP) is 3.74. The summed E-state index contributed by atoms with van der Waals surface area (Å²) in [6, 6.07) is 1.84. The minimum Gasteiger partial charge on any atom is -0.261 e. The van der Waals surface area contributed by atoms with Gasteiger partial charge in [0.2, 0.25) is 0 Å². The Kier molecular flexibility index (Phi) is 5.97. The van der Waals surface area contributed by atoms with E-state index in [9.17, 15) is 0 Å². The maximum Gasteiger partial charge on any atom is 0.191 e. The van der Waals surface area contributed by atoms with E-state index in [2.05, 4.69) is 79.2 Å². The van der Waals surface area contributed by atoms with Crippen LogP contribution in [-0.4, -0.2) is 24.9 Å². The van der Waals surface area contributed by atoms with Gasteiger partial charge in [-0.2, -0.15) is 0 Å². The van der Waals surface area contributed by atoms with Crippen LogP contribution < -0.4 is 4.57 Å². The number of rotatable bonds is 6. The minimum absolute atomic E-state index is 0.0119. The summed E-state index contributed by atoms with van der Waals surface area (Å²) in [6.07, 6.45) is 14.0. The van der Waals surface area contributed by atoms with Crippen LogP contribution in [0.5, 0.6) is 0 Å². The van der Waals surface area contributed by atoms with E-state index in [4.69, 9.17) is 4.98 Å². The van der Waals surface area contributed by atoms with Gasteiger partial charge in [0.05, 0.1) is 23.0 Å². The van der Waals surface area contributed by atoms with Crippen molar-refractivity contribution in [2.45, 2.75) is 77.7 Å². The van der Waals surface area contributed by atoms with Gasteiger partial charge in [0, 0.05) is 42.0 Å². The normalized spacial score (nSPS) is 12.8. The van der Waals surface area contributed by atoms with E-state index in [0.29, 0.717) is 0 Å². The molecule has 0 fully saturated rings. The van der Waals surface area contributed by atoms with Crippen LogP contribution in [0.25, 0.3) is 0 Å². The third-order valence-electron chi connectivity index (χ3n) is 5.28. The van der Waals surface area contributed by atoms with Gasteiger partial charge >= 0.3 is 0 Å². The van der Waals surface area contributed by atoms with Crippen molar-refractivity contribution in [3.05, 3.63) is 72.4 Å². The number of hydrogen-bond acceptors (Lipinski definition) is 5. The highest BCUT2D eigenvalue weighted by Gasteiger charge is 2.31. The molecule has 0 bridgehead atoms. The van der Waals surface area contributed by atoms with E-state index in [1.165, 1.54) is 0 Å². The number of hydrogen-bond donors (Lipinski definition) is 0. The van der Waals surface area contributed by atoms with Gasteiger partial charge in [0.25, 0.3) is 0 Å². The van der Waals surface area contributed by atoms with E-state index >= 15 is 0 Å². The standard InChI is InChI=1S/C24H33N6/c1-22(2,3)20-16-30(12-11-26-20)17-24(6,7)19-15-25-14-18(29-19)13-23(4,5)21-27-9-8-10-28-21/h8-12,14-16H,13,17H2,1-7H3/q+1. The Balaban J connectivity index is 1.82. The van der Waals surface area contributed by atoms with E-state index in [1.54, 1.807) is 12.4 Å². The molecule has 0 saturated heterocycles. The van der Waals surface area contributed by atoms with Crippen molar-refractivity contribution in [3.63, 3.8) is 0 Å². The molecular weight excluding hydrogens is 372 g/mol. The first-order valence-electron chi connectivity index (χ1n) is 10.4. The third-order valence-corrected chi connectivity index (χ3v) is 5.28. The smallest absolute Gasteiger partial charge is 0.191 e. The van der Waals surface area contributed by atoms with Crippen LogP contribution in [0.3, 0.4) is 0 Å². The van der Waals surface area contributed by atoms with Gasteiger partial charge in [0.1, 0.15) is 11.5 Å². The molecule has 6 nitrogen and oxygen atoms in total. The van der Waals surface area contributed by atoms with Crippen LogP contribution >= 0.6 is 0 Å². The van der Waals surface area contributed by atoms with Crippen molar-refractivity contribution in [2.75, 3.05) is 0 Å². The molecule has 3 rings (SSSR count). The van der Waals surface area contributed by atoms with Gasteiger partial charge in [-0.25, -0.2) is 19.5 Å². The second-order valence-electron chi connectivity index (χ2n) is 10.3. The lowest BCUT2D eigenvalue weighted by atomic mass is 9.86. The second kappa shape index (κ2) is 8.17. The van der Waals surface area contributed by atoms with Gasteiger partial charge in [-0.1, -0.05) is 34.6 Å². The topological polar surface area (TPSA) is 68.3 Å². The lowest BCUT2D eigenvalue weighted by Gasteiger charge is -2.24. The Morgan fingerprint density at radius 3 is 2.17 bits per heavy atom. The van der Waals surface area contributed by atoms with Crippen molar-refractivity contribution < 1.29 is 4.57 Å². The first kappa shape index (κ1) is 21.9. The Morgan fingerprint density at radius 2 is 1.50 bits per heavy atom. The molecule has 0 saturated carbocycles. The largest absolute Gasteiger partial charge is 0.261 e. The van der Waals surface area contributed by atoms with Crippen LogP contribution in [0.1, 0.15) is 71.4 Å². The molecule has 3 aromatic rings. The molecule has 0 unspecified atom stereocenters. The summed E-state index contributed by atoms with van der Waals surface area (Å²) >= 11 is 0. The molecule has 0 aliphatic rings. The van der Waals surface area contributed by atoms with Gasteiger partial charge in [-0.15, -0.1) is 0 Å². The molecule has 3 heterocycles. The summed E-state index contributed by atoms with van der Waals surface area (Å²) in [6.45, 7) is 16.0. The molecule has 30 heavy (non-hydrogen) atoms. The van der Waals surface area contributed by atoms with E-state index < -0.39 is 0 Å². The Bertz CT molecular complexity index is 990. The molecule has 0 atom stereocenters. The summed E-state index contributed by atoms with van der Waals surface area (Å²) in [7, 11) is 0. The number of aromatic nitrogens is 6. The van der Waals surface area contributed by atoms with Crippen LogP contribution in [0.4, 0.5) is 0 Å². The Hall–Kier alpha value is -2.76. The summed E-state index contributed by atoms with van der Waals surface area (Å²) in [5.74, 6) is 0.818. The van der Waals surface area contributed by atoms with Crippen molar-refractivity contribution in [1.82, 2.24) is 24.9 Å². The maximum absolute atomic E-state index is 4.98. The molecule has 0 aliphatic carbocycles. The summed E-state index contributed by atoms with van der Waals surface area (Å²) in [5.41, 5.74) is 2.61. The van der Waals surface area contributed by atoms with Crippen LogP contribution in [-0.2, 0) is 29.2 Å². The molecule has 6 heteroatoms. The summed E-state index contributed by atoms with van der Waals surface area (Å²) < 4.78 is 2.20.